The monoisotopic (exact) mass is 464 g/mol. The SMILES string of the molecule is O=C(O)c1cc(N2CCOCC2)cc2c1nc(C1COC1)n2-c1ccnc2c(Cl)cccc12. The van der Waals surface area contributed by atoms with Crippen molar-refractivity contribution in [2.45, 2.75) is 5.92 Å². The van der Waals surface area contributed by atoms with Crippen molar-refractivity contribution >= 4 is 45.2 Å². The highest BCUT2D eigenvalue weighted by Crippen LogP contribution is 2.37. The Hall–Kier alpha value is -3.20. The Balaban J connectivity index is 1.67. The van der Waals surface area contributed by atoms with Gasteiger partial charge in [-0.25, -0.2) is 9.78 Å². The van der Waals surface area contributed by atoms with E-state index in [0.717, 1.165) is 28.1 Å². The molecule has 0 unspecified atom stereocenters. The number of imidazole rings is 1. The van der Waals surface area contributed by atoms with Crippen LogP contribution in [0.4, 0.5) is 5.69 Å². The number of benzene rings is 2. The third kappa shape index (κ3) is 3.33. The lowest BCUT2D eigenvalue weighted by Gasteiger charge is -2.29. The van der Waals surface area contributed by atoms with Crippen LogP contribution in [0.15, 0.2) is 42.6 Å². The Bertz CT molecular complexity index is 1390. The van der Waals surface area contributed by atoms with Crippen LogP contribution in [0.25, 0.3) is 27.6 Å². The zero-order valence-electron chi connectivity index (χ0n) is 17.7. The number of hydrogen-bond acceptors (Lipinski definition) is 6. The van der Waals surface area contributed by atoms with E-state index in [1.807, 2.05) is 30.3 Å². The number of pyridine rings is 1. The van der Waals surface area contributed by atoms with Crippen LogP contribution in [-0.4, -0.2) is 65.1 Å². The number of anilines is 1. The van der Waals surface area contributed by atoms with Crippen LogP contribution < -0.4 is 4.90 Å². The van der Waals surface area contributed by atoms with Crippen molar-refractivity contribution in [1.29, 1.82) is 0 Å². The molecule has 2 aliphatic heterocycles. The largest absolute Gasteiger partial charge is 0.478 e. The molecule has 0 aliphatic carbocycles. The highest BCUT2D eigenvalue weighted by molar-refractivity contribution is 6.35. The first-order valence-corrected chi connectivity index (χ1v) is 11.2. The van der Waals surface area contributed by atoms with E-state index in [1.165, 1.54) is 0 Å². The van der Waals surface area contributed by atoms with Crippen molar-refractivity contribution in [2.75, 3.05) is 44.4 Å². The lowest BCUT2D eigenvalue weighted by Crippen LogP contribution is -2.36. The average molecular weight is 465 g/mol. The van der Waals surface area contributed by atoms with Crippen molar-refractivity contribution < 1.29 is 19.4 Å². The Labute approximate surface area is 194 Å². The number of carbonyl (C=O) groups is 1. The molecular weight excluding hydrogens is 444 g/mol. The number of hydrogen-bond donors (Lipinski definition) is 1. The van der Waals surface area contributed by atoms with Gasteiger partial charge < -0.3 is 19.5 Å². The summed E-state index contributed by atoms with van der Waals surface area (Å²) in [5, 5.41) is 11.5. The Morgan fingerprint density at radius 3 is 2.64 bits per heavy atom. The van der Waals surface area contributed by atoms with Gasteiger partial charge in [-0.3, -0.25) is 9.55 Å². The van der Waals surface area contributed by atoms with Crippen molar-refractivity contribution in [3.05, 3.63) is 59.0 Å². The van der Waals surface area contributed by atoms with E-state index >= 15 is 0 Å². The van der Waals surface area contributed by atoms with Gasteiger partial charge in [0.05, 0.1) is 59.7 Å². The first-order valence-electron chi connectivity index (χ1n) is 10.9. The summed E-state index contributed by atoms with van der Waals surface area (Å²) in [7, 11) is 0. The third-order valence-electron chi connectivity index (χ3n) is 6.32. The standard InChI is InChI=1S/C24H21ClN4O4/c25-18-3-1-2-16-19(4-5-26-21(16)18)29-20-11-15(28-6-8-32-9-7-28)10-17(24(30)31)22(20)27-23(29)14-12-33-13-14/h1-5,10-11,14H,6-9,12-13H2,(H,30,31). The number of rotatable bonds is 4. The van der Waals surface area contributed by atoms with E-state index in [4.69, 9.17) is 26.1 Å². The number of ether oxygens (including phenoxy) is 2. The number of halogens is 1. The molecule has 4 heterocycles. The summed E-state index contributed by atoms with van der Waals surface area (Å²) >= 11 is 6.44. The maximum atomic E-state index is 12.3. The van der Waals surface area contributed by atoms with Gasteiger partial charge in [-0.15, -0.1) is 0 Å². The maximum absolute atomic E-state index is 12.3. The lowest BCUT2D eigenvalue weighted by atomic mass is 10.1. The van der Waals surface area contributed by atoms with Gasteiger partial charge >= 0.3 is 5.97 Å². The molecule has 0 amide bonds. The van der Waals surface area contributed by atoms with Crippen LogP contribution in [0, 0.1) is 0 Å². The number of fused-ring (bicyclic) bond motifs is 2. The maximum Gasteiger partial charge on any atom is 0.338 e. The molecule has 2 saturated heterocycles. The predicted octanol–water partition coefficient (Wildman–Crippen LogP) is 3.88. The molecule has 2 aromatic heterocycles. The lowest BCUT2D eigenvalue weighted by molar-refractivity contribution is 0.00449. The van der Waals surface area contributed by atoms with Gasteiger partial charge in [0.15, 0.2) is 0 Å². The molecule has 0 saturated carbocycles. The molecule has 2 aliphatic rings. The summed E-state index contributed by atoms with van der Waals surface area (Å²) in [6.07, 6.45) is 1.72. The zero-order chi connectivity index (χ0) is 22.5. The van der Waals surface area contributed by atoms with Crippen LogP contribution in [-0.2, 0) is 9.47 Å². The fraction of sp³-hybridized carbons (Fsp3) is 0.292. The molecule has 4 aromatic rings. The summed E-state index contributed by atoms with van der Waals surface area (Å²) in [5.41, 5.74) is 3.79. The summed E-state index contributed by atoms with van der Waals surface area (Å²) in [6.45, 7) is 3.72. The third-order valence-corrected chi connectivity index (χ3v) is 6.63. The van der Waals surface area contributed by atoms with Gasteiger partial charge in [0.2, 0.25) is 0 Å². The molecule has 0 radical (unpaired) electrons. The number of carboxylic acids is 1. The molecule has 9 heteroatoms. The van der Waals surface area contributed by atoms with Gasteiger partial charge in [0.25, 0.3) is 0 Å². The van der Waals surface area contributed by atoms with Crippen LogP contribution in [0.5, 0.6) is 0 Å². The van der Waals surface area contributed by atoms with E-state index in [9.17, 15) is 9.90 Å². The topological polar surface area (TPSA) is 89.7 Å². The highest BCUT2D eigenvalue weighted by Gasteiger charge is 2.30. The molecule has 0 bridgehead atoms. The number of morpholine rings is 1. The summed E-state index contributed by atoms with van der Waals surface area (Å²) < 4.78 is 13.0. The summed E-state index contributed by atoms with van der Waals surface area (Å²) in [4.78, 5) is 23.7. The van der Waals surface area contributed by atoms with Crippen molar-refractivity contribution in [2.24, 2.45) is 0 Å². The average Bonchev–Trinajstić information content (AvgIpc) is 3.16. The predicted molar refractivity (Wildman–Crippen MR) is 125 cm³/mol. The Morgan fingerprint density at radius 2 is 1.91 bits per heavy atom. The smallest absolute Gasteiger partial charge is 0.338 e. The molecular formula is C24H21ClN4O4. The van der Waals surface area contributed by atoms with Gasteiger partial charge in [-0.1, -0.05) is 23.7 Å². The molecule has 6 rings (SSSR count). The van der Waals surface area contributed by atoms with E-state index < -0.39 is 5.97 Å². The van der Waals surface area contributed by atoms with Crippen molar-refractivity contribution in [3.8, 4) is 5.69 Å². The number of nitrogens with zero attached hydrogens (tertiary/aromatic N) is 4. The first-order chi connectivity index (χ1) is 16.1. The molecule has 2 aromatic carbocycles. The summed E-state index contributed by atoms with van der Waals surface area (Å²) in [6, 6.07) is 11.3. The van der Waals surface area contributed by atoms with Gasteiger partial charge in [0.1, 0.15) is 11.3 Å². The van der Waals surface area contributed by atoms with Gasteiger partial charge in [0, 0.05) is 30.4 Å². The van der Waals surface area contributed by atoms with E-state index in [2.05, 4.69) is 14.5 Å². The van der Waals surface area contributed by atoms with Gasteiger partial charge in [-0.2, -0.15) is 0 Å². The second kappa shape index (κ2) is 7.98. The van der Waals surface area contributed by atoms with Crippen molar-refractivity contribution in [1.82, 2.24) is 14.5 Å². The van der Waals surface area contributed by atoms with E-state index in [0.29, 0.717) is 55.6 Å². The second-order valence-electron chi connectivity index (χ2n) is 8.27. The fourth-order valence-electron chi connectivity index (χ4n) is 4.58. The zero-order valence-corrected chi connectivity index (χ0v) is 18.5. The highest BCUT2D eigenvalue weighted by atomic mass is 35.5. The normalized spacial score (nSPS) is 16.9. The number of aromatic nitrogens is 3. The minimum Gasteiger partial charge on any atom is -0.478 e. The van der Waals surface area contributed by atoms with E-state index in [1.54, 1.807) is 12.3 Å². The van der Waals surface area contributed by atoms with Crippen molar-refractivity contribution in [3.63, 3.8) is 0 Å². The number of para-hydroxylation sites is 1. The first kappa shape index (κ1) is 20.4. The molecule has 8 nitrogen and oxygen atoms in total. The molecule has 33 heavy (non-hydrogen) atoms. The minimum atomic E-state index is -1.00. The molecule has 2 fully saturated rings. The number of aromatic carboxylic acids is 1. The van der Waals surface area contributed by atoms with Crippen LogP contribution in [0.2, 0.25) is 5.02 Å². The quantitative estimate of drug-likeness (QED) is 0.490. The molecule has 0 atom stereocenters. The fourth-order valence-corrected chi connectivity index (χ4v) is 4.80. The van der Waals surface area contributed by atoms with E-state index in [-0.39, 0.29) is 11.5 Å². The minimum absolute atomic E-state index is 0.0771. The van der Waals surface area contributed by atoms with Crippen LogP contribution in [0.3, 0.4) is 0 Å². The Kier molecular flexibility index (Phi) is 4.94. The number of carboxylic acid groups (broad SMARTS) is 1. The van der Waals surface area contributed by atoms with Gasteiger partial charge in [-0.05, 0) is 24.3 Å². The Morgan fingerprint density at radius 1 is 1.09 bits per heavy atom. The molecule has 0 spiro atoms. The van der Waals surface area contributed by atoms with Crippen LogP contribution >= 0.6 is 11.6 Å². The molecule has 1 N–H and O–H groups in total. The second-order valence-corrected chi connectivity index (χ2v) is 8.68. The summed E-state index contributed by atoms with van der Waals surface area (Å²) in [5.74, 6) is -0.141. The molecule has 168 valence electrons. The van der Waals surface area contributed by atoms with Crippen LogP contribution in [0.1, 0.15) is 22.1 Å².